The van der Waals surface area contributed by atoms with Crippen LogP contribution >= 0.6 is 0 Å². The first-order chi connectivity index (χ1) is 12.6. The molecule has 142 valence electrons. The maximum atomic E-state index is 12.4. The Morgan fingerprint density at radius 2 is 1.92 bits per heavy atom. The molecule has 7 heteroatoms. The summed E-state index contributed by atoms with van der Waals surface area (Å²) in [5.74, 6) is 2.08. The lowest BCUT2D eigenvalue weighted by molar-refractivity contribution is 0.147. The summed E-state index contributed by atoms with van der Waals surface area (Å²) in [6.45, 7) is 3.85. The number of urea groups is 1. The first-order valence-electron chi connectivity index (χ1n) is 8.75. The molecule has 0 bridgehead atoms. The summed E-state index contributed by atoms with van der Waals surface area (Å²) in [6, 6.07) is 7.43. The summed E-state index contributed by atoms with van der Waals surface area (Å²) in [4.78, 5) is 18.2. The van der Waals surface area contributed by atoms with Gasteiger partial charge in [0.15, 0.2) is 0 Å². The second kappa shape index (κ2) is 9.70. The Morgan fingerprint density at radius 1 is 1.31 bits per heavy atom. The van der Waals surface area contributed by atoms with E-state index in [2.05, 4.69) is 10.3 Å². The van der Waals surface area contributed by atoms with Gasteiger partial charge in [0.25, 0.3) is 0 Å². The topological polar surface area (TPSA) is 89.2 Å². The Balaban J connectivity index is 1.76. The van der Waals surface area contributed by atoms with Crippen LogP contribution in [-0.4, -0.2) is 50.5 Å². The van der Waals surface area contributed by atoms with E-state index < -0.39 is 0 Å². The van der Waals surface area contributed by atoms with Gasteiger partial charge >= 0.3 is 6.03 Å². The van der Waals surface area contributed by atoms with Crippen molar-refractivity contribution in [2.75, 3.05) is 33.9 Å². The summed E-state index contributed by atoms with van der Waals surface area (Å²) in [5, 5.41) is 2.82. The summed E-state index contributed by atoms with van der Waals surface area (Å²) in [5.41, 5.74) is 6.80. The highest BCUT2D eigenvalue weighted by atomic mass is 16.5. The van der Waals surface area contributed by atoms with Crippen LogP contribution in [-0.2, 0) is 0 Å². The van der Waals surface area contributed by atoms with E-state index in [1.807, 2.05) is 31.2 Å². The van der Waals surface area contributed by atoms with E-state index in [-0.39, 0.29) is 6.03 Å². The van der Waals surface area contributed by atoms with Gasteiger partial charge in [0.1, 0.15) is 11.5 Å². The van der Waals surface area contributed by atoms with Crippen LogP contribution in [0.3, 0.4) is 0 Å². The Hall–Kier alpha value is -2.70. The van der Waals surface area contributed by atoms with Gasteiger partial charge in [-0.2, -0.15) is 0 Å². The van der Waals surface area contributed by atoms with Crippen molar-refractivity contribution in [2.45, 2.75) is 19.8 Å². The number of amides is 2. The van der Waals surface area contributed by atoms with Crippen molar-refractivity contribution in [1.82, 2.24) is 10.2 Å². The maximum absolute atomic E-state index is 12.4. The number of carbonyl (C=O) groups is 1. The predicted molar refractivity (Wildman–Crippen MR) is 103 cm³/mol. The number of nitrogens with two attached hydrogens (primary N) is 1. The van der Waals surface area contributed by atoms with E-state index in [0.29, 0.717) is 37.0 Å². The minimum Gasteiger partial charge on any atom is -0.497 e. The molecule has 1 aliphatic rings. The molecule has 1 aromatic carbocycles. The molecular weight excluding hydrogens is 332 g/mol. The van der Waals surface area contributed by atoms with E-state index >= 15 is 0 Å². The Morgan fingerprint density at radius 3 is 2.46 bits per heavy atom. The quantitative estimate of drug-likeness (QED) is 0.762. The average molecular weight is 360 g/mol. The fraction of sp³-hybridized carbons (Fsp3) is 0.474. The van der Waals surface area contributed by atoms with Crippen LogP contribution in [0.5, 0.6) is 11.5 Å². The number of hydrogen-bond donors (Lipinski definition) is 2. The molecule has 0 saturated carbocycles. The van der Waals surface area contributed by atoms with Crippen molar-refractivity contribution in [2.24, 2.45) is 16.6 Å². The van der Waals surface area contributed by atoms with Gasteiger partial charge in [0.05, 0.1) is 25.1 Å². The zero-order valence-corrected chi connectivity index (χ0v) is 15.7. The van der Waals surface area contributed by atoms with Crippen LogP contribution in [0.2, 0.25) is 0 Å². The highest BCUT2D eigenvalue weighted by Crippen LogP contribution is 2.21. The Bertz CT molecular complexity index is 647. The Labute approximate surface area is 154 Å². The van der Waals surface area contributed by atoms with Crippen LogP contribution in [0.25, 0.3) is 0 Å². The van der Waals surface area contributed by atoms with Crippen LogP contribution in [0.4, 0.5) is 4.79 Å². The third-order valence-corrected chi connectivity index (χ3v) is 4.58. The summed E-state index contributed by atoms with van der Waals surface area (Å²) >= 11 is 0. The van der Waals surface area contributed by atoms with Gasteiger partial charge in [-0.05, 0) is 49.9 Å². The lowest BCUT2D eigenvalue weighted by Gasteiger charge is -2.32. The van der Waals surface area contributed by atoms with Crippen LogP contribution in [0.15, 0.2) is 41.2 Å². The lowest BCUT2D eigenvalue weighted by Crippen LogP contribution is -2.45. The minimum absolute atomic E-state index is 0.140. The molecule has 3 N–H and O–H groups in total. The molecular formula is C19H28N4O3. The van der Waals surface area contributed by atoms with Crippen molar-refractivity contribution < 1.29 is 14.3 Å². The van der Waals surface area contributed by atoms with Gasteiger partial charge in [-0.15, -0.1) is 0 Å². The second-order valence-electron chi connectivity index (χ2n) is 6.24. The number of nitrogens with one attached hydrogen (secondary N) is 1. The van der Waals surface area contributed by atoms with Crippen molar-refractivity contribution >= 4 is 11.7 Å². The SMILES string of the molecule is CN=C(C)/C(=C\N)NC(=O)N1CCC(COc2ccc(OC)cc2)CC1. The Kier molecular flexibility index (Phi) is 7.32. The van der Waals surface area contributed by atoms with Gasteiger partial charge in [-0.25, -0.2) is 4.79 Å². The van der Waals surface area contributed by atoms with E-state index in [0.717, 1.165) is 24.3 Å². The monoisotopic (exact) mass is 360 g/mol. The zero-order valence-electron chi connectivity index (χ0n) is 15.7. The molecule has 0 unspecified atom stereocenters. The number of methoxy groups -OCH3 is 1. The molecule has 2 rings (SSSR count). The number of rotatable bonds is 6. The molecule has 0 aliphatic carbocycles. The van der Waals surface area contributed by atoms with E-state index in [1.165, 1.54) is 6.20 Å². The fourth-order valence-electron chi connectivity index (χ4n) is 2.76. The summed E-state index contributed by atoms with van der Waals surface area (Å²) in [7, 11) is 3.31. The molecule has 7 nitrogen and oxygen atoms in total. The summed E-state index contributed by atoms with van der Waals surface area (Å²) in [6.07, 6.45) is 3.19. The molecule has 0 aromatic heterocycles. The second-order valence-corrected chi connectivity index (χ2v) is 6.24. The van der Waals surface area contributed by atoms with Crippen LogP contribution in [0, 0.1) is 5.92 Å². The molecule has 1 saturated heterocycles. The predicted octanol–water partition coefficient (Wildman–Crippen LogP) is 2.39. The average Bonchev–Trinajstić information content (AvgIpc) is 2.70. The van der Waals surface area contributed by atoms with E-state index in [4.69, 9.17) is 15.2 Å². The van der Waals surface area contributed by atoms with Crippen LogP contribution in [0.1, 0.15) is 19.8 Å². The fourth-order valence-corrected chi connectivity index (χ4v) is 2.76. The van der Waals surface area contributed by atoms with Gasteiger partial charge in [0.2, 0.25) is 0 Å². The number of benzene rings is 1. The van der Waals surface area contributed by atoms with Crippen molar-refractivity contribution in [3.8, 4) is 11.5 Å². The van der Waals surface area contributed by atoms with Gasteiger partial charge in [-0.1, -0.05) is 0 Å². The number of hydrogen-bond acceptors (Lipinski definition) is 5. The molecule has 1 aliphatic heterocycles. The summed E-state index contributed by atoms with van der Waals surface area (Å²) < 4.78 is 11.0. The third kappa shape index (κ3) is 5.40. The highest BCUT2D eigenvalue weighted by molar-refractivity contribution is 6.00. The first kappa shape index (κ1) is 19.6. The number of ether oxygens (including phenoxy) is 2. The van der Waals surface area contributed by atoms with Crippen molar-refractivity contribution in [3.05, 3.63) is 36.2 Å². The molecule has 2 amide bonds. The van der Waals surface area contributed by atoms with E-state index in [1.54, 1.807) is 19.1 Å². The van der Waals surface area contributed by atoms with Gasteiger partial charge in [-0.3, -0.25) is 4.99 Å². The number of carbonyl (C=O) groups excluding carboxylic acids is 1. The number of piperidine rings is 1. The van der Waals surface area contributed by atoms with Crippen molar-refractivity contribution in [3.63, 3.8) is 0 Å². The van der Waals surface area contributed by atoms with Gasteiger partial charge in [0, 0.05) is 26.3 Å². The molecule has 0 radical (unpaired) electrons. The molecule has 0 atom stereocenters. The van der Waals surface area contributed by atoms with Crippen molar-refractivity contribution in [1.29, 1.82) is 0 Å². The third-order valence-electron chi connectivity index (χ3n) is 4.58. The maximum Gasteiger partial charge on any atom is 0.321 e. The van der Waals surface area contributed by atoms with Gasteiger partial charge < -0.3 is 25.4 Å². The smallest absolute Gasteiger partial charge is 0.321 e. The highest BCUT2D eigenvalue weighted by Gasteiger charge is 2.24. The number of nitrogens with zero attached hydrogens (tertiary/aromatic N) is 2. The lowest BCUT2D eigenvalue weighted by atomic mass is 9.98. The standard InChI is InChI=1S/C19H28N4O3/c1-14(21-2)18(12-20)22-19(24)23-10-8-15(9-11-23)13-26-17-6-4-16(25-3)5-7-17/h4-7,12,15H,8-11,13,20H2,1-3H3,(H,22,24)/b18-12+,21-14?. The first-order valence-corrected chi connectivity index (χ1v) is 8.75. The number of aliphatic imine (C=N–C) groups is 1. The molecule has 0 spiro atoms. The molecule has 1 aromatic rings. The number of allylic oxidation sites excluding steroid dienone is 1. The number of likely N-dealkylation sites (tertiary alicyclic amines) is 1. The largest absolute Gasteiger partial charge is 0.497 e. The van der Waals surface area contributed by atoms with E-state index in [9.17, 15) is 4.79 Å². The molecule has 26 heavy (non-hydrogen) atoms. The van der Waals surface area contributed by atoms with Crippen LogP contribution < -0.4 is 20.5 Å². The molecule has 1 heterocycles. The molecule has 1 fully saturated rings. The normalized spacial score (nSPS) is 16.3. The zero-order chi connectivity index (χ0) is 18.9. The minimum atomic E-state index is -0.140.